The quantitative estimate of drug-likeness (QED) is 0.298. The van der Waals surface area contributed by atoms with Crippen LogP contribution in [0.25, 0.3) is 0 Å². The number of non-ortho nitro benzene ring substituents is 1. The number of nitro groups is 1. The van der Waals surface area contributed by atoms with E-state index in [2.05, 4.69) is 5.32 Å². The van der Waals surface area contributed by atoms with Gasteiger partial charge in [0.2, 0.25) is 15.9 Å². The van der Waals surface area contributed by atoms with Crippen molar-refractivity contribution in [2.24, 2.45) is 0 Å². The standard InChI is InChI=1S/C20H25N3O7S/c1-29-19-11-10-16(23(25)26)15-18(19)22(31(2,27)28)13-6-9-20(24)21-12-14-30-17-7-4-3-5-8-17/h3-5,7-8,10-11,15H,6,9,12-14H2,1-2H3,(H,21,24). The molecule has 0 radical (unpaired) electrons. The Labute approximate surface area is 181 Å². The van der Waals surface area contributed by atoms with E-state index in [1.54, 1.807) is 0 Å². The molecule has 0 aliphatic carbocycles. The second kappa shape index (κ2) is 11.2. The average molecular weight is 452 g/mol. The van der Waals surface area contributed by atoms with E-state index in [0.717, 1.165) is 16.6 Å². The third-order valence-electron chi connectivity index (χ3n) is 4.24. The zero-order valence-corrected chi connectivity index (χ0v) is 18.1. The van der Waals surface area contributed by atoms with Gasteiger partial charge in [0.1, 0.15) is 23.8 Å². The molecule has 0 saturated carbocycles. The molecule has 10 nitrogen and oxygen atoms in total. The van der Waals surface area contributed by atoms with E-state index < -0.39 is 14.9 Å². The summed E-state index contributed by atoms with van der Waals surface area (Å²) in [5, 5.41) is 13.8. The molecule has 31 heavy (non-hydrogen) atoms. The summed E-state index contributed by atoms with van der Waals surface area (Å²) in [7, 11) is -2.42. The zero-order valence-electron chi connectivity index (χ0n) is 17.3. The van der Waals surface area contributed by atoms with Crippen LogP contribution in [0.4, 0.5) is 11.4 Å². The molecule has 0 fully saturated rings. The van der Waals surface area contributed by atoms with E-state index in [4.69, 9.17) is 9.47 Å². The van der Waals surface area contributed by atoms with Crippen molar-refractivity contribution in [3.8, 4) is 11.5 Å². The summed E-state index contributed by atoms with van der Waals surface area (Å²) in [5.41, 5.74) is -0.212. The molecule has 0 spiro atoms. The van der Waals surface area contributed by atoms with Crippen molar-refractivity contribution >= 4 is 27.3 Å². The van der Waals surface area contributed by atoms with Gasteiger partial charge in [-0.3, -0.25) is 19.2 Å². The third-order valence-corrected chi connectivity index (χ3v) is 5.42. The van der Waals surface area contributed by atoms with Crippen LogP contribution in [-0.2, 0) is 14.8 Å². The fourth-order valence-electron chi connectivity index (χ4n) is 2.80. The lowest BCUT2D eigenvalue weighted by atomic mass is 10.2. The van der Waals surface area contributed by atoms with Crippen molar-refractivity contribution in [3.63, 3.8) is 0 Å². The Bertz CT molecular complexity index is 997. The Morgan fingerprint density at radius 2 is 1.90 bits per heavy atom. The van der Waals surface area contributed by atoms with Gasteiger partial charge in [-0.05, 0) is 24.6 Å². The highest BCUT2D eigenvalue weighted by Gasteiger charge is 2.23. The number of carbonyl (C=O) groups is 1. The molecule has 168 valence electrons. The number of methoxy groups -OCH3 is 1. The molecular weight excluding hydrogens is 426 g/mol. The van der Waals surface area contributed by atoms with Gasteiger partial charge >= 0.3 is 0 Å². The van der Waals surface area contributed by atoms with Gasteiger partial charge in [-0.15, -0.1) is 0 Å². The fraction of sp³-hybridized carbons (Fsp3) is 0.350. The van der Waals surface area contributed by atoms with E-state index in [0.29, 0.717) is 18.9 Å². The molecule has 2 aromatic rings. The van der Waals surface area contributed by atoms with Gasteiger partial charge in [-0.2, -0.15) is 0 Å². The van der Waals surface area contributed by atoms with Crippen LogP contribution in [0.2, 0.25) is 0 Å². The van der Waals surface area contributed by atoms with E-state index in [-0.39, 0.29) is 42.4 Å². The molecule has 1 N–H and O–H groups in total. The number of nitro benzene ring substituents is 1. The summed E-state index contributed by atoms with van der Waals surface area (Å²) in [6.45, 7) is 0.572. The first kappa shape index (κ1) is 23.9. The minimum atomic E-state index is -3.76. The maximum absolute atomic E-state index is 12.3. The molecule has 0 unspecified atom stereocenters. The van der Waals surface area contributed by atoms with E-state index in [1.165, 1.54) is 19.2 Å². The molecule has 0 aliphatic heterocycles. The maximum atomic E-state index is 12.3. The summed E-state index contributed by atoms with van der Waals surface area (Å²) in [6, 6.07) is 12.9. The fourth-order valence-corrected chi connectivity index (χ4v) is 3.76. The maximum Gasteiger partial charge on any atom is 0.271 e. The number of carbonyl (C=O) groups excluding carboxylic acids is 1. The highest BCUT2D eigenvalue weighted by Crippen LogP contribution is 2.33. The second-order valence-electron chi connectivity index (χ2n) is 6.56. The van der Waals surface area contributed by atoms with E-state index in [1.807, 2.05) is 30.3 Å². The highest BCUT2D eigenvalue weighted by molar-refractivity contribution is 7.92. The number of rotatable bonds is 12. The van der Waals surface area contributed by atoms with Crippen molar-refractivity contribution in [1.29, 1.82) is 0 Å². The van der Waals surface area contributed by atoms with Crippen LogP contribution in [0.1, 0.15) is 12.8 Å². The van der Waals surface area contributed by atoms with Gasteiger partial charge < -0.3 is 14.8 Å². The second-order valence-corrected chi connectivity index (χ2v) is 8.47. The normalized spacial score (nSPS) is 10.9. The van der Waals surface area contributed by atoms with Crippen molar-refractivity contribution in [2.45, 2.75) is 12.8 Å². The van der Waals surface area contributed by atoms with Crippen LogP contribution < -0.4 is 19.1 Å². The molecular formula is C20H25N3O7S. The number of amides is 1. The molecule has 0 saturated heterocycles. The molecule has 11 heteroatoms. The Morgan fingerprint density at radius 1 is 1.19 bits per heavy atom. The Hall–Kier alpha value is -3.34. The molecule has 0 aliphatic rings. The van der Waals surface area contributed by atoms with Gasteiger partial charge in [-0.25, -0.2) is 8.42 Å². The van der Waals surface area contributed by atoms with Crippen LogP contribution in [0, 0.1) is 10.1 Å². The summed E-state index contributed by atoms with van der Waals surface area (Å²) < 4.78 is 36.2. The molecule has 1 amide bonds. The van der Waals surface area contributed by atoms with Gasteiger partial charge in [0.25, 0.3) is 5.69 Å². The van der Waals surface area contributed by atoms with Crippen molar-refractivity contribution < 1.29 is 27.6 Å². The number of hydrogen-bond donors (Lipinski definition) is 1. The Kier molecular flexibility index (Phi) is 8.62. The number of ether oxygens (including phenoxy) is 2. The summed E-state index contributed by atoms with van der Waals surface area (Å²) in [4.78, 5) is 22.5. The van der Waals surface area contributed by atoms with Gasteiger partial charge in [0.15, 0.2) is 0 Å². The van der Waals surface area contributed by atoms with Gasteiger partial charge in [-0.1, -0.05) is 18.2 Å². The van der Waals surface area contributed by atoms with Crippen LogP contribution in [0.15, 0.2) is 48.5 Å². The number of para-hydroxylation sites is 1. The largest absolute Gasteiger partial charge is 0.495 e. The smallest absolute Gasteiger partial charge is 0.271 e. The summed E-state index contributed by atoms with van der Waals surface area (Å²) in [5.74, 6) is 0.626. The monoisotopic (exact) mass is 451 g/mol. The van der Waals surface area contributed by atoms with Crippen LogP contribution in [0.5, 0.6) is 11.5 Å². The molecule has 2 rings (SSSR count). The SMILES string of the molecule is COc1ccc([N+](=O)[O-])cc1N(CCCC(=O)NCCOc1ccccc1)S(C)(=O)=O. The molecule has 0 bridgehead atoms. The topological polar surface area (TPSA) is 128 Å². The third kappa shape index (κ3) is 7.45. The van der Waals surface area contributed by atoms with E-state index in [9.17, 15) is 23.3 Å². The first-order chi connectivity index (χ1) is 14.7. The minimum absolute atomic E-state index is 0.0374. The summed E-state index contributed by atoms with van der Waals surface area (Å²) in [6.07, 6.45) is 1.28. The van der Waals surface area contributed by atoms with Crippen molar-refractivity contribution in [2.75, 3.05) is 37.4 Å². The minimum Gasteiger partial charge on any atom is -0.495 e. The first-order valence-corrected chi connectivity index (χ1v) is 11.3. The molecule has 0 heterocycles. The van der Waals surface area contributed by atoms with Gasteiger partial charge in [0.05, 0.1) is 24.8 Å². The van der Waals surface area contributed by atoms with Gasteiger partial charge in [0, 0.05) is 25.1 Å². The zero-order chi connectivity index (χ0) is 22.9. The van der Waals surface area contributed by atoms with E-state index >= 15 is 0 Å². The number of anilines is 1. The number of nitrogens with zero attached hydrogens (tertiary/aromatic N) is 2. The van der Waals surface area contributed by atoms with Crippen molar-refractivity contribution in [3.05, 3.63) is 58.6 Å². The molecule has 2 aromatic carbocycles. The highest BCUT2D eigenvalue weighted by atomic mass is 32.2. The molecule has 0 atom stereocenters. The number of nitrogens with one attached hydrogen (secondary N) is 1. The number of sulfonamides is 1. The lowest BCUT2D eigenvalue weighted by molar-refractivity contribution is -0.384. The predicted octanol–water partition coefficient (Wildman–Crippen LogP) is 2.34. The van der Waals surface area contributed by atoms with Crippen molar-refractivity contribution in [1.82, 2.24) is 5.32 Å². The first-order valence-electron chi connectivity index (χ1n) is 9.47. The number of benzene rings is 2. The van der Waals surface area contributed by atoms with Crippen LogP contribution in [-0.4, -0.2) is 52.3 Å². The lowest BCUT2D eigenvalue weighted by Gasteiger charge is -2.24. The molecule has 0 aromatic heterocycles. The van der Waals surface area contributed by atoms with Crippen LogP contribution >= 0.6 is 0 Å². The lowest BCUT2D eigenvalue weighted by Crippen LogP contribution is -2.33. The van der Waals surface area contributed by atoms with Crippen LogP contribution in [0.3, 0.4) is 0 Å². The number of hydrogen-bond acceptors (Lipinski definition) is 7. The Balaban J connectivity index is 1.92. The predicted molar refractivity (Wildman–Crippen MR) is 116 cm³/mol. The Morgan fingerprint density at radius 3 is 2.52 bits per heavy atom. The average Bonchev–Trinajstić information content (AvgIpc) is 2.73. The summed E-state index contributed by atoms with van der Waals surface area (Å²) >= 11 is 0.